The van der Waals surface area contributed by atoms with Crippen LogP contribution in [0, 0.1) is 12.8 Å². The molecule has 2 heterocycles. The van der Waals surface area contributed by atoms with Gasteiger partial charge in [0.15, 0.2) is 5.82 Å². The molecule has 1 aliphatic carbocycles. The van der Waals surface area contributed by atoms with Crippen molar-refractivity contribution in [3.8, 4) is 17.0 Å². The minimum atomic E-state index is -0.277. The first-order valence-corrected chi connectivity index (χ1v) is 9.44. The van der Waals surface area contributed by atoms with Crippen LogP contribution in [0.25, 0.3) is 11.3 Å². The first kappa shape index (κ1) is 18.4. The van der Waals surface area contributed by atoms with Crippen LogP contribution in [0.5, 0.6) is 5.75 Å². The summed E-state index contributed by atoms with van der Waals surface area (Å²) >= 11 is 6.33. The van der Waals surface area contributed by atoms with E-state index in [9.17, 15) is 4.79 Å². The van der Waals surface area contributed by atoms with E-state index < -0.39 is 0 Å². The van der Waals surface area contributed by atoms with Gasteiger partial charge in [-0.1, -0.05) is 11.6 Å². The van der Waals surface area contributed by atoms with Gasteiger partial charge in [0.05, 0.1) is 35.3 Å². The summed E-state index contributed by atoms with van der Waals surface area (Å²) in [5.74, 6) is 1.51. The highest BCUT2D eigenvalue weighted by molar-refractivity contribution is 6.33. The molecule has 7 heteroatoms. The Bertz CT molecular complexity index is 1000. The number of nitrogens with zero attached hydrogens (tertiary/aromatic N) is 3. The van der Waals surface area contributed by atoms with Crippen molar-refractivity contribution in [2.45, 2.75) is 19.8 Å². The second-order valence-electron chi connectivity index (χ2n) is 6.83. The standard InChI is InChI=1S/C21H19ClN4O2/c1-13-6-7-23-9-17(13)21(27)26-20-11-24-19(10-25-20)16-8-15(4-5-18(16)22)28-12-14-2-3-14/h4-11,14H,2-3,12H2,1H3,(H,25,26,27). The molecular formula is C21H19ClN4O2. The molecule has 1 saturated carbocycles. The third-order valence-corrected chi connectivity index (χ3v) is 4.90. The van der Waals surface area contributed by atoms with Crippen molar-refractivity contribution in [3.05, 3.63) is 65.2 Å². The van der Waals surface area contributed by atoms with E-state index in [0.717, 1.165) is 23.5 Å². The molecule has 6 nitrogen and oxygen atoms in total. The molecular weight excluding hydrogens is 376 g/mol. The summed E-state index contributed by atoms with van der Waals surface area (Å²) in [5, 5.41) is 3.30. The fourth-order valence-corrected chi connectivity index (χ4v) is 2.92. The highest BCUT2D eigenvalue weighted by Crippen LogP contribution is 2.33. The summed E-state index contributed by atoms with van der Waals surface area (Å²) in [6, 6.07) is 7.30. The summed E-state index contributed by atoms with van der Waals surface area (Å²) < 4.78 is 5.81. The lowest BCUT2D eigenvalue weighted by Gasteiger charge is -2.10. The number of aromatic nitrogens is 3. The lowest BCUT2D eigenvalue weighted by Crippen LogP contribution is -2.14. The minimum absolute atomic E-state index is 0.277. The summed E-state index contributed by atoms with van der Waals surface area (Å²) in [6.07, 6.45) is 8.73. The zero-order valence-corrected chi connectivity index (χ0v) is 16.1. The molecule has 0 unspecified atom stereocenters. The van der Waals surface area contributed by atoms with Crippen LogP contribution in [-0.4, -0.2) is 27.5 Å². The second kappa shape index (κ2) is 7.94. The molecule has 28 heavy (non-hydrogen) atoms. The number of halogens is 1. The van der Waals surface area contributed by atoms with Crippen LogP contribution >= 0.6 is 11.6 Å². The second-order valence-corrected chi connectivity index (χ2v) is 7.23. The van der Waals surface area contributed by atoms with Gasteiger partial charge in [-0.3, -0.25) is 14.8 Å². The van der Waals surface area contributed by atoms with E-state index in [0.29, 0.717) is 28.0 Å². The van der Waals surface area contributed by atoms with Crippen molar-refractivity contribution < 1.29 is 9.53 Å². The van der Waals surface area contributed by atoms with Gasteiger partial charge in [0.2, 0.25) is 0 Å². The molecule has 0 aliphatic heterocycles. The number of anilines is 1. The van der Waals surface area contributed by atoms with E-state index in [1.807, 2.05) is 19.1 Å². The van der Waals surface area contributed by atoms with Gasteiger partial charge in [0, 0.05) is 18.0 Å². The van der Waals surface area contributed by atoms with Crippen molar-refractivity contribution >= 4 is 23.3 Å². The maximum Gasteiger partial charge on any atom is 0.258 e. The molecule has 0 spiro atoms. The van der Waals surface area contributed by atoms with E-state index >= 15 is 0 Å². The predicted molar refractivity (Wildman–Crippen MR) is 108 cm³/mol. The Kier molecular flexibility index (Phi) is 5.21. The number of benzene rings is 1. The zero-order chi connectivity index (χ0) is 19.5. The van der Waals surface area contributed by atoms with Crippen LogP contribution < -0.4 is 10.1 Å². The number of hydrogen-bond donors (Lipinski definition) is 1. The normalized spacial score (nSPS) is 13.2. The molecule has 1 aliphatic rings. The van der Waals surface area contributed by atoms with E-state index in [1.54, 1.807) is 24.5 Å². The number of aryl methyl sites for hydroxylation is 1. The van der Waals surface area contributed by atoms with Gasteiger partial charge in [0.25, 0.3) is 5.91 Å². The molecule has 142 valence electrons. The smallest absolute Gasteiger partial charge is 0.258 e. The third kappa shape index (κ3) is 4.28. The van der Waals surface area contributed by atoms with Crippen molar-refractivity contribution in [1.82, 2.24) is 15.0 Å². The number of nitrogens with one attached hydrogen (secondary N) is 1. The topological polar surface area (TPSA) is 77.0 Å². The monoisotopic (exact) mass is 394 g/mol. The first-order valence-electron chi connectivity index (χ1n) is 9.07. The molecule has 0 saturated heterocycles. The van der Waals surface area contributed by atoms with Gasteiger partial charge in [-0.2, -0.15) is 0 Å². The molecule has 0 radical (unpaired) electrons. The van der Waals surface area contributed by atoms with Gasteiger partial charge in [0.1, 0.15) is 5.75 Å². The Labute approximate surface area is 168 Å². The van der Waals surface area contributed by atoms with Crippen molar-refractivity contribution in [2.75, 3.05) is 11.9 Å². The number of carbonyl (C=O) groups excluding carboxylic acids is 1. The summed E-state index contributed by atoms with van der Waals surface area (Å²) in [4.78, 5) is 25.0. The number of rotatable bonds is 6. The fourth-order valence-electron chi connectivity index (χ4n) is 2.71. The molecule has 1 amide bonds. The van der Waals surface area contributed by atoms with Gasteiger partial charge in [-0.15, -0.1) is 0 Å². The number of hydrogen-bond acceptors (Lipinski definition) is 5. The van der Waals surface area contributed by atoms with Gasteiger partial charge in [-0.25, -0.2) is 4.98 Å². The zero-order valence-electron chi connectivity index (χ0n) is 15.4. The number of amides is 1. The maximum atomic E-state index is 12.4. The maximum absolute atomic E-state index is 12.4. The Morgan fingerprint density at radius 3 is 2.79 bits per heavy atom. The summed E-state index contributed by atoms with van der Waals surface area (Å²) in [7, 11) is 0. The van der Waals surface area contributed by atoms with Crippen LogP contribution in [-0.2, 0) is 0 Å². The first-order chi connectivity index (χ1) is 13.6. The highest BCUT2D eigenvalue weighted by Gasteiger charge is 2.22. The molecule has 1 fully saturated rings. The van der Waals surface area contributed by atoms with Gasteiger partial charge < -0.3 is 10.1 Å². The van der Waals surface area contributed by atoms with Crippen molar-refractivity contribution in [2.24, 2.45) is 5.92 Å². The van der Waals surface area contributed by atoms with Gasteiger partial charge >= 0.3 is 0 Å². The molecule has 1 aromatic carbocycles. The van der Waals surface area contributed by atoms with Crippen LogP contribution in [0.1, 0.15) is 28.8 Å². The van der Waals surface area contributed by atoms with E-state index in [4.69, 9.17) is 16.3 Å². The summed E-state index contributed by atoms with van der Waals surface area (Å²) in [6.45, 7) is 2.58. The third-order valence-electron chi connectivity index (χ3n) is 4.57. The SMILES string of the molecule is Cc1ccncc1C(=O)Nc1cnc(-c2cc(OCC3CC3)ccc2Cl)cn1. The number of pyridine rings is 1. The van der Waals surface area contributed by atoms with Crippen LogP contribution in [0.2, 0.25) is 5.02 Å². The van der Waals surface area contributed by atoms with Crippen molar-refractivity contribution in [3.63, 3.8) is 0 Å². The Morgan fingerprint density at radius 1 is 1.21 bits per heavy atom. The van der Waals surface area contributed by atoms with Crippen LogP contribution in [0.3, 0.4) is 0 Å². The molecule has 3 aromatic rings. The van der Waals surface area contributed by atoms with Gasteiger partial charge in [-0.05, 0) is 55.5 Å². The van der Waals surface area contributed by atoms with E-state index in [1.165, 1.54) is 25.2 Å². The predicted octanol–water partition coefficient (Wildman–Crippen LogP) is 4.54. The molecule has 2 aromatic heterocycles. The molecule has 4 rings (SSSR count). The minimum Gasteiger partial charge on any atom is -0.493 e. The van der Waals surface area contributed by atoms with E-state index in [-0.39, 0.29) is 5.91 Å². The number of carbonyl (C=O) groups is 1. The molecule has 0 atom stereocenters. The molecule has 0 bridgehead atoms. The van der Waals surface area contributed by atoms with E-state index in [2.05, 4.69) is 20.3 Å². The highest BCUT2D eigenvalue weighted by atomic mass is 35.5. The van der Waals surface area contributed by atoms with Crippen LogP contribution in [0.15, 0.2) is 49.1 Å². The van der Waals surface area contributed by atoms with Crippen molar-refractivity contribution in [1.29, 1.82) is 0 Å². The molecule has 1 N–H and O–H groups in total. The fraction of sp³-hybridized carbons (Fsp3) is 0.238. The summed E-state index contributed by atoms with van der Waals surface area (Å²) in [5.41, 5.74) is 2.68. The number of ether oxygens (including phenoxy) is 1. The Balaban J connectivity index is 1.49. The Hall–Kier alpha value is -2.99. The largest absolute Gasteiger partial charge is 0.493 e. The lowest BCUT2D eigenvalue weighted by molar-refractivity contribution is 0.102. The Morgan fingerprint density at radius 2 is 2.07 bits per heavy atom. The lowest BCUT2D eigenvalue weighted by atomic mass is 10.1. The quantitative estimate of drug-likeness (QED) is 0.664. The average molecular weight is 395 g/mol. The van der Waals surface area contributed by atoms with Crippen LogP contribution in [0.4, 0.5) is 5.82 Å². The average Bonchev–Trinajstić information content (AvgIpc) is 3.53.